The monoisotopic (exact) mass is 306 g/mol. The van der Waals surface area contributed by atoms with E-state index < -0.39 is 11.6 Å². The zero-order valence-corrected chi connectivity index (χ0v) is 13.0. The Morgan fingerprint density at radius 3 is 2.59 bits per heavy atom. The number of unbranched alkanes of at least 4 members (excludes halogenated alkanes) is 1. The molecule has 0 spiro atoms. The molecule has 0 saturated carbocycles. The highest BCUT2D eigenvalue weighted by Gasteiger charge is 2.08. The van der Waals surface area contributed by atoms with Crippen molar-refractivity contribution in [3.8, 4) is 0 Å². The second kappa shape index (κ2) is 7.15. The van der Waals surface area contributed by atoms with Crippen LogP contribution in [0.3, 0.4) is 0 Å². The second-order valence-electron chi connectivity index (χ2n) is 5.22. The number of rotatable bonds is 6. The van der Waals surface area contributed by atoms with Gasteiger partial charge in [0.1, 0.15) is 5.82 Å². The minimum absolute atomic E-state index is 0.444. The molecular formula is C16H20F2N4. The summed E-state index contributed by atoms with van der Waals surface area (Å²) in [7, 11) is 1.94. The minimum atomic E-state index is -0.893. The molecule has 0 amide bonds. The van der Waals surface area contributed by atoms with Crippen LogP contribution in [0.15, 0.2) is 24.3 Å². The molecule has 6 heteroatoms. The SMILES string of the molecule is CCCCN(C)c1nc(C)cc(Nc2ccc(F)c(F)c2)n1. The standard InChI is InChI=1S/C16H20F2N4/c1-4-5-8-22(3)16-19-11(2)9-15(21-16)20-12-6-7-13(17)14(18)10-12/h6-7,9-10H,4-5,8H2,1-3H3,(H,19,20,21). The summed E-state index contributed by atoms with van der Waals surface area (Å²) in [5, 5.41) is 2.98. The first-order valence-corrected chi connectivity index (χ1v) is 7.28. The normalized spacial score (nSPS) is 10.6. The summed E-state index contributed by atoms with van der Waals surface area (Å²) < 4.78 is 26.2. The van der Waals surface area contributed by atoms with Crippen molar-refractivity contribution in [3.63, 3.8) is 0 Å². The predicted octanol–water partition coefficient (Wildman–Crippen LogP) is 4.04. The van der Waals surface area contributed by atoms with Crippen LogP contribution in [0.2, 0.25) is 0 Å². The molecule has 1 heterocycles. The smallest absolute Gasteiger partial charge is 0.227 e. The lowest BCUT2D eigenvalue weighted by atomic mass is 10.3. The van der Waals surface area contributed by atoms with E-state index in [2.05, 4.69) is 22.2 Å². The molecule has 4 nitrogen and oxygen atoms in total. The summed E-state index contributed by atoms with van der Waals surface area (Å²) in [5.41, 5.74) is 1.25. The maximum atomic E-state index is 13.3. The van der Waals surface area contributed by atoms with Gasteiger partial charge in [-0.25, -0.2) is 13.8 Å². The number of nitrogens with one attached hydrogen (secondary N) is 1. The number of anilines is 3. The summed E-state index contributed by atoms with van der Waals surface area (Å²) in [6, 6.07) is 5.42. The van der Waals surface area contributed by atoms with Gasteiger partial charge in [-0.05, 0) is 25.5 Å². The molecule has 0 saturated heterocycles. The molecular weight excluding hydrogens is 286 g/mol. The predicted molar refractivity (Wildman–Crippen MR) is 84.6 cm³/mol. The van der Waals surface area contributed by atoms with E-state index in [9.17, 15) is 8.78 Å². The Labute approximate surface area is 129 Å². The molecule has 1 aromatic heterocycles. The molecule has 22 heavy (non-hydrogen) atoms. The van der Waals surface area contributed by atoms with Crippen LogP contribution in [0.5, 0.6) is 0 Å². The zero-order valence-electron chi connectivity index (χ0n) is 13.0. The number of nitrogens with zero attached hydrogens (tertiary/aromatic N) is 3. The minimum Gasteiger partial charge on any atom is -0.344 e. The van der Waals surface area contributed by atoms with E-state index in [1.54, 1.807) is 6.07 Å². The zero-order chi connectivity index (χ0) is 16.1. The molecule has 0 aliphatic carbocycles. The van der Waals surface area contributed by atoms with Crippen LogP contribution in [0.4, 0.5) is 26.2 Å². The van der Waals surface area contributed by atoms with Crippen LogP contribution in [0.25, 0.3) is 0 Å². The number of aromatic nitrogens is 2. The van der Waals surface area contributed by atoms with E-state index in [0.29, 0.717) is 17.5 Å². The van der Waals surface area contributed by atoms with Gasteiger partial charge in [-0.3, -0.25) is 0 Å². The molecule has 1 aromatic carbocycles. The topological polar surface area (TPSA) is 41.1 Å². The van der Waals surface area contributed by atoms with Crippen molar-refractivity contribution in [2.24, 2.45) is 0 Å². The molecule has 0 fully saturated rings. The Morgan fingerprint density at radius 2 is 1.91 bits per heavy atom. The van der Waals surface area contributed by atoms with E-state index in [1.807, 2.05) is 18.9 Å². The van der Waals surface area contributed by atoms with Crippen molar-refractivity contribution >= 4 is 17.5 Å². The summed E-state index contributed by atoms with van der Waals surface area (Å²) in [6.45, 7) is 4.86. The second-order valence-corrected chi connectivity index (χ2v) is 5.22. The average molecular weight is 306 g/mol. The third kappa shape index (κ3) is 4.13. The molecule has 2 rings (SSSR count). The van der Waals surface area contributed by atoms with Crippen LogP contribution in [0.1, 0.15) is 25.5 Å². The Bertz CT molecular complexity index is 646. The summed E-state index contributed by atoms with van der Waals surface area (Å²) in [5.74, 6) is -0.601. The molecule has 118 valence electrons. The lowest BCUT2D eigenvalue weighted by Crippen LogP contribution is -2.21. The van der Waals surface area contributed by atoms with Gasteiger partial charge < -0.3 is 10.2 Å². The number of halogens is 2. The molecule has 1 N–H and O–H groups in total. The van der Waals surface area contributed by atoms with Crippen molar-refractivity contribution in [2.45, 2.75) is 26.7 Å². The van der Waals surface area contributed by atoms with Gasteiger partial charge in [-0.15, -0.1) is 0 Å². The molecule has 0 atom stereocenters. The summed E-state index contributed by atoms with van der Waals surface area (Å²) in [6.07, 6.45) is 2.15. The number of aryl methyl sites for hydroxylation is 1. The van der Waals surface area contributed by atoms with Gasteiger partial charge in [-0.2, -0.15) is 4.98 Å². The number of benzene rings is 1. The maximum Gasteiger partial charge on any atom is 0.227 e. The van der Waals surface area contributed by atoms with Gasteiger partial charge in [0.05, 0.1) is 0 Å². The summed E-state index contributed by atoms with van der Waals surface area (Å²) in [4.78, 5) is 10.8. The maximum absolute atomic E-state index is 13.3. The van der Waals surface area contributed by atoms with Gasteiger partial charge >= 0.3 is 0 Å². The molecule has 0 radical (unpaired) electrons. The van der Waals surface area contributed by atoms with E-state index in [1.165, 1.54) is 6.07 Å². The van der Waals surface area contributed by atoms with Crippen molar-refractivity contribution in [1.29, 1.82) is 0 Å². The average Bonchev–Trinajstić information content (AvgIpc) is 2.48. The Morgan fingerprint density at radius 1 is 1.14 bits per heavy atom. The van der Waals surface area contributed by atoms with E-state index >= 15 is 0 Å². The molecule has 0 aliphatic rings. The van der Waals surface area contributed by atoms with Crippen LogP contribution < -0.4 is 10.2 Å². The van der Waals surface area contributed by atoms with Crippen molar-refractivity contribution in [1.82, 2.24) is 9.97 Å². The molecule has 2 aromatic rings. The quantitative estimate of drug-likeness (QED) is 0.874. The van der Waals surface area contributed by atoms with Crippen molar-refractivity contribution in [2.75, 3.05) is 23.8 Å². The summed E-state index contributed by atoms with van der Waals surface area (Å²) >= 11 is 0. The highest BCUT2D eigenvalue weighted by molar-refractivity contribution is 5.57. The fourth-order valence-corrected chi connectivity index (χ4v) is 2.00. The lowest BCUT2D eigenvalue weighted by molar-refractivity contribution is 0.509. The number of hydrogen-bond donors (Lipinski definition) is 1. The van der Waals surface area contributed by atoms with Gasteiger partial charge in [0, 0.05) is 37.1 Å². The third-order valence-electron chi connectivity index (χ3n) is 3.22. The largest absolute Gasteiger partial charge is 0.344 e. The van der Waals surface area contributed by atoms with Gasteiger partial charge in [-0.1, -0.05) is 13.3 Å². The molecule has 0 unspecified atom stereocenters. The highest BCUT2D eigenvalue weighted by Crippen LogP contribution is 2.20. The number of hydrogen-bond acceptors (Lipinski definition) is 4. The van der Waals surface area contributed by atoms with Gasteiger partial charge in [0.2, 0.25) is 5.95 Å². The fourth-order valence-electron chi connectivity index (χ4n) is 2.00. The van der Waals surface area contributed by atoms with E-state index in [4.69, 9.17) is 0 Å². The Hall–Kier alpha value is -2.24. The van der Waals surface area contributed by atoms with E-state index in [0.717, 1.165) is 37.2 Å². The molecule has 0 bridgehead atoms. The van der Waals surface area contributed by atoms with Gasteiger partial charge in [0.25, 0.3) is 0 Å². The third-order valence-corrected chi connectivity index (χ3v) is 3.22. The highest BCUT2D eigenvalue weighted by atomic mass is 19.2. The first kappa shape index (κ1) is 16.1. The van der Waals surface area contributed by atoms with Crippen LogP contribution >= 0.6 is 0 Å². The van der Waals surface area contributed by atoms with Crippen LogP contribution in [-0.4, -0.2) is 23.6 Å². The first-order valence-electron chi connectivity index (χ1n) is 7.28. The Balaban J connectivity index is 2.20. The molecule has 0 aliphatic heterocycles. The van der Waals surface area contributed by atoms with Crippen LogP contribution in [0, 0.1) is 18.6 Å². The van der Waals surface area contributed by atoms with Gasteiger partial charge in [0.15, 0.2) is 11.6 Å². The van der Waals surface area contributed by atoms with Crippen LogP contribution in [-0.2, 0) is 0 Å². The van der Waals surface area contributed by atoms with Crippen molar-refractivity contribution < 1.29 is 8.78 Å². The first-order chi connectivity index (χ1) is 10.5. The lowest BCUT2D eigenvalue weighted by Gasteiger charge is -2.18. The fraction of sp³-hybridized carbons (Fsp3) is 0.375. The Kier molecular flexibility index (Phi) is 5.25. The van der Waals surface area contributed by atoms with E-state index in [-0.39, 0.29) is 0 Å². The van der Waals surface area contributed by atoms with Crippen molar-refractivity contribution in [3.05, 3.63) is 41.6 Å².